The van der Waals surface area contributed by atoms with Crippen molar-refractivity contribution in [3.63, 3.8) is 0 Å². The number of ketones is 1. The van der Waals surface area contributed by atoms with Crippen molar-refractivity contribution in [2.75, 3.05) is 28.3 Å². The molecule has 320 valence electrons. The van der Waals surface area contributed by atoms with Crippen molar-refractivity contribution in [2.45, 2.75) is 180 Å². The fourth-order valence-corrected chi connectivity index (χ4v) is 9.38. The van der Waals surface area contributed by atoms with E-state index in [4.69, 9.17) is 47.4 Å². The average Bonchev–Trinajstić information content (AvgIpc) is 3.45. The Kier molecular flexibility index (Phi) is 14.9. The number of Topliss-reactive ketones (excluding diaryl/α,β-unsaturated/α-hetero) is 1. The average molecular weight is 798 g/mol. The van der Waals surface area contributed by atoms with Crippen molar-refractivity contribution in [1.82, 2.24) is 4.90 Å². The van der Waals surface area contributed by atoms with Gasteiger partial charge < -0.3 is 52.3 Å². The second-order valence-corrected chi connectivity index (χ2v) is 17.1. The Morgan fingerprint density at radius 2 is 1.62 bits per heavy atom. The van der Waals surface area contributed by atoms with Gasteiger partial charge in [-0.2, -0.15) is 0 Å². The maximum absolute atomic E-state index is 14.4. The molecular formula is C41H67NO14. The fraction of sp³-hybridized carbons (Fsp3) is 0.854. The summed E-state index contributed by atoms with van der Waals surface area (Å²) in [6.07, 6.45) is -5.85. The first kappa shape index (κ1) is 46.0. The summed E-state index contributed by atoms with van der Waals surface area (Å²) in [7, 11) is 6.78. The number of allylic oxidation sites excluding steroid dienone is 1. The number of fused-ring (bicyclic) bond motifs is 2. The zero-order valence-electron chi connectivity index (χ0n) is 36.1. The highest BCUT2D eigenvalue weighted by atomic mass is 16.7. The number of esters is 2. The summed E-state index contributed by atoms with van der Waals surface area (Å²) in [4.78, 5) is 54.9. The van der Waals surface area contributed by atoms with Gasteiger partial charge in [0.05, 0.1) is 36.2 Å². The van der Waals surface area contributed by atoms with Crippen LogP contribution in [0.2, 0.25) is 0 Å². The second kappa shape index (κ2) is 18.1. The highest BCUT2D eigenvalue weighted by molar-refractivity contribution is 5.92. The Balaban J connectivity index is 1.89. The first-order valence-corrected chi connectivity index (χ1v) is 19.9. The van der Waals surface area contributed by atoms with Crippen molar-refractivity contribution >= 4 is 24.2 Å². The summed E-state index contributed by atoms with van der Waals surface area (Å²) in [5.74, 6) is -3.31. The Labute approximate surface area is 332 Å². The monoisotopic (exact) mass is 797 g/mol. The van der Waals surface area contributed by atoms with Crippen molar-refractivity contribution in [3.05, 3.63) is 11.3 Å². The van der Waals surface area contributed by atoms with Gasteiger partial charge >= 0.3 is 11.9 Å². The highest BCUT2D eigenvalue weighted by Gasteiger charge is 2.57. The normalized spacial score (nSPS) is 43.9. The van der Waals surface area contributed by atoms with Gasteiger partial charge in [0.25, 0.3) is 6.47 Å². The molecule has 0 N–H and O–H groups in total. The van der Waals surface area contributed by atoms with Gasteiger partial charge in [0.2, 0.25) is 0 Å². The number of cyclic esters (lactones) is 1. The largest absolute Gasteiger partial charge is 0.488 e. The topological polar surface area (TPSA) is 164 Å². The Morgan fingerprint density at radius 3 is 2.18 bits per heavy atom. The minimum absolute atomic E-state index is 0.148. The van der Waals surface area contributed by atoms with Crippen LogP contribution in [0.25, 0.3) is 0 Å². The molecule has 0 aliphatic carbocycles. The number of likely N-dealkylation sites (N-methyl/N-ethyl adjacent to an activating group) is 1. The third-order valence-corrected chi connectivity index (χ3v) is 12.6. The first-order chi connectivity index (χ1) is 26.1. The van der Waals surface area contributed by atoms with Gasteiger partial charge in [-0.3, -0.25) is 19.2 Å². The summed E-state index contributed by atoms with van der Waals surface area (Å²) >= 11 is 0. The molecule has 0 aromatic rings. The van der Waals surface area contributed by atoms with E-state index in [2.05, 4.69) is 0 Å². The molecule has 15 heteroatoms. The summed E-state index contributed by atoms with van der Waals surface area (Å²) in [6.45, 7) is 19.9. The lowest BCUT2D eigenvalue weighted by Crippen LogP contribution is -2.61. The molecule has 4 aliphatic rings. The van der Waals surface area contributed by atoms with Crippen LogP contribution in [0.3, 0.4) is 0 Å². The first-order valence-electron chi connectivity index (χ1n) is 19.9. The van der Waals surface area contributed by atoms with Gasteiger partial charge in [-0.15, -0.1) is 0 Å². The molecule has 0 aromatic carbocycles. The van der Waals surface area contributed by atoms with Gasteiger partial charge in [-0.1, -0.05) is 13.8 Å². The number of hydrogen-bond donors (Lipinski definition) is 0. The predicted molar refractivity (Wildman–Crippen MR) is 202 cm³/mol. The molecule has 15 nitrogen and oxygen atoms in total. The molecule has 4 rings (SSSR count). The van der Waals surface area contributed by atoms with Gasteiger partial charge in [0, 0.05) is 39.9 Å². The van der Waals surface area contributed by atoms with Crippen LogP contribution < -0.4 is 0 Å². The van der Waals surface area contributed by atoms with E-state index in [1.54, 1.807) is 27.7 Å². The number of nitrogens with zero attached hydrogens (tertiary/aromatic N) is 1. The lowest BCUT2D eigenvalue weighted by Gasteiger charge is -2.49. The van der Waals surface area contributed by atoms with Crippen molar-refractivity contribution in [2.24, 2.45) is 17.8 Å². The van der Waals surface area contributed by atoms with Crippen molar-refractivity contribution in [3.8, 4) is 0 Å². The summed E-state index contributed by atoms with van der Waals surface area (Å²) in [5.41, 5.74) is -2.79. The Bertz CT molecular complexity index is 1450. The van der Waals surface area contributed by atoms with Crippen LogP contribution in [0, 0.1) is 17.8 Å². The van der Waals surface area contributed by atoms with E-state index < -0.39 is 95.7 Å². The molecule has 0 aromatic heterocycles. The maximum Gasteiger partial charge on any atom is 0.311 e. The van der Waals surface area contributed by atoms with Gasteiger partial charge in [-0.05, 0) is 87.9 Å². The standard InChI is InChI=1S/C41H67NO14/c1-16-29-41(11,48-15)34(45)23(4)31-21(2)18-40(10,56-31)35(55-38-33(52-27(8)44)28(42(12)13)17-22(3)50-38)24(5)32(25(6)37(46)53-29)54-30-19-39(9,47-14)36(49-20-43)26(7)51-30/h20,22-26,28-30,32-33,35-36,38H,16-19H2,1-15H3/t22?,23-,24?,25?,26?,28?,29?,30-,32?,33+,35+,36-,38?,39+,40-,41+/m0/s1. The minimum Gasteiger partial charge on any atom is -0.488 e. The molecule has 2 bridgehead atoms. The predicted octanol–water partition coefficient (Wildman–Crippen LogP) is 4.51. The van der Waals surface area contributed by atoms with E-state index in [0.29, 0.717) is 31.5 Å². The molecule has 8 unspecified atom stereocenters. The molecule has 0 spiro atoms. The van der Waals surface area contributed by atoms with Gasteiger partial charge in [0.15, 0.2) is 36.2 Å². The smallest absolute Gasteiger partial charge is 0.311 e. The van der Waals surface area contributed by atoms with Gasteiger partial charge in [0.1, 0.15) is 29.2 Å². The van der Waals surface area contributed by atoms with Crippen molar-refractivity contribution in [1.29, 1.82) is 0 Å². The zero-order valence-corrected chi connectivity index (χ0v) is 36.1. The summed E-state index contributed by atoms with van der Waals surface area (Å²) < 4.78 is 63.0. The van der Waals surface area contributed by atoms with Crippen LogP contribution >= 0.6 is 0 Å². The second-order valence-electron chi connectivity index (χ2n) is 17.1. The molecular weight excluding hydrogens is 730 g/mol. The summed E-state index contributed by atoms with van der Waals surface area (Å²) in [6, 6.07) is -0.243. The van der Waals surface area contributed by atoms with Crippen LogP contribution in [0.1, 0.15) is 102 Å². The maximum atomic E-state index is 14.4. The Morgan fingerprint density at radius 1 is 0.964 bits per heavy atom. The van der Waals surface area contributed by atoms with Crippen LogP contribution in [-0.4, -0.2) is 136 Å². The fourth-order valence-electron chi connectivity index (χ4n) is 9.38. The van der Waals surface area contributed by atoms with Crippen LogP contribution in [-0.2, 0) is 66.5 Å². The molecule has 0 radical (unpaired) electrons. The molecule has 4 aliphatic heterocycles. The van der Waals surface area contributed by atoms with E-state index in [9.17, 15) is 19.2 Å². The third-order valence-electron chi connectivity index (χ3n) is 12.6. The van der Waals surface area contributed by atoms with E-state index in [0.717, 1.165) is 5.57 Å². The number of methoxy groups -OCH3 is 2. The molecule has 4 heterocycles. The van der Waals surface area contributed by atoms with Crippen LogP contribution in [0.15, 0.2) is 11.3 Å². The number of ether oxygens (including phenoxy) is 10. The zero-order chi connectivity index (χ0) is 42.1. The van der Waals surface area contributed by atoms with E-state index >= 15 is 0 Å². The lowest BCUT2D eigenvalue weighted by molar-refractivity contribution is -0.317. The van der Waals surface area contributed by atoms with Gasteiger partial charge in [-0.25, -0.2) is 0 Å². The van der Waals surface area contributed by atoms with E-state index in [-0.39, 0.29) is 24.3 Å². The molecule has 0 saturated carbocycles. The number of carbonyl (C=O) groups excluding carboxylic acids is 4. The van der Waals surface area contributed by atoms with E-state index in [1.165, 1.54) is 21.1 Å². The Hall–Kier alpha value is -2.66. The van der Waals surface area contributed by atoms with E-state index in [1.807, 2.05) is 60.5 Å². The van der Waals surface area contributed by atoms with Crippen LogP contribution in [0.5, 0.6) is 0 Å². The quantitative estimate of drug-likeness (QED) is 0.163. The molecule has 0 amide bonds. The summed E-state index contributed by atoms with van der Waals surface area (Å²) in [5, 5.41) is 0. The molecule has 3 fully saturated rings. The van der Waals surface area contributed by atoms with Crippen LogP contribution in [0.4, 0.5) is 0 Å². The highest BCUT2D eigenvalue weighted by Crippen LogP contribution is 2.47. The molecule has 56 heavy (non-hydrogen) atoms. The minimum atomic E-state index is -1.51. The third kappa shape index (κ3) is 9.14. The molecule has 3 saturated heterocycles. The lowest BCUT2D eigenvalue weighted by atomic mass is 9.79. The number of rotatable bonds is 11. The SMILES string of the molecule is CCC1OC(=O)C(C)C(O[C@H]2C[C@@](C)(OC)[C@@H](OC=O)C(C)O2)C(C)[C@@H](OC2OC(C)CC(N(C)C)[C@H]2OC(C)=O)[C@]2(C)CC(C)=C(O2)[C@H](C)C(=O)[C@]1(C)OC. The number of carbonyl (C=O) groups is 4. The number of hydrogen-bond acceptors (Lipinski definition) is 15. The van der Waals surface area contributed by atoms with Crippen molar-refractivity contribution < 1.29 is 66.5 Å². The molecule has 16 atom stereocenters.